The molecule has 0 aliphatic heterocycles. The first-order valence-corrected chi connectivity index (χ1v) is 9.04. The van der Waals surface area contributed by atoms with Crippen LogP contribution < -0.4 is 5.32 Å². The summed E-state index contributed by atoms with van der Waals surface area (Å²) >= 11 is 0. The summed E-state index contributed by atoms with van der Waals surface area (Å²) < 4.78 is 36.7. The van der Waals surface area contributed by atoms with Crippen LogP contribution >= 0.6 is 10.7 Å². The van der Waals surface area contributed by atoms with E-state index in [1.807, 2.05) is 13.8 Å². The van der Waals surface area contributed by atoms with E-state index in [1.165, 1.54) is 6.92 Å². The molecule has 0 radical (unpaired) electrons. The second-order valence-corrected chi connectivity index (χ2v) is 7.50. The fraction of sp³-hybridized carbons (Fsp3) is 0.500. The van der Waals surface area contributed by atoms with Gasteiger partial charge in [0.25, 0.3) is 15.0 Å². The second kappa shape index (κ2) is 7.22. The van der Waals surface area contributed by atoms with E-state index in [0.717, 1.165) is 25.0 Å². The monoisotopic (exact) mass is 335 g/mol. The van der Waals surface area contributed by atoms with Crippen molar-refractivity contribution >= 4 is 25.6 Å². The summed E-state index contributed by atoms with van der Waals surface area (Å²) in [6, 6.07) is 2.07. The summed E-state index contributed by atoms with van der Waals surface area (Å²) in [5.74, 6) is -1.07. The van der Waals surface area contributed by atoms with E-state index in [0.29, 0.717) is 12.5 Å². The van der Waals surface area contributed by atoms with Crippen molar-refractivity contribution < 1.29 is 17.6 Å². The summed E-state index contributed by atoms with van der Waals surface area (Å²) in [5, 5.41) is 2.63. The van der Waals surface area contributed by atoms with Gasteiger partial charge in [0.15, 0.2) is 0 Å². The Morgan fingerprint density at radius 1 is 1.33 bits per heavy atom. The highest BCUT2D eigenvalue weighted by Crippen LogP contribution is 2.22. The first kappa shape index (κ1) is 17.9. The third kappa shape index (κ3) is 4.68. The molecule has 0 bridgehead atoms. The molecule has 0 aliphatic rings. The highest BCUT2D eigenvalue weighted by molar-refractivity contribution is 8.13. The molecule has 0 aromatic heterocycles. The fourth-order valence-corrected chi connectivity index (χ4v) is 2.80. The van der Waals surface area contributed by atoms with Gasteiger partial charge in [-0.2, -0.15) is 0 Å². The average Bonchev–Trinajstić information content (AvgIpc) is 2.41. The highest BCUT2D eigenvalue weighted by Gasteiger charge is 2.20. The zero-order chi connectivity index (χ0) is 16.2. The summed E-state index contributed by atoms with van der Waals surface area (Å²) in [5.41, 5.74) is -0.246. The molecule has 1 aromatic carbocycles. The maximum absolute atomic E-state index is 14.0. The predicted octanol–water partition coefficient (Wildman–Crippen LogP) is 3.23. The zero-order valence-corrected chi connectivity index (χ0v) is 13.8. The number of halogens is 2. The van der Waals surface area contributed by atoms with Crippen LogP contribution in [0.3, 0.4) is 0 Å². The molecule has 0 saturated carbocycles. The van der Waals surface area contributed by atoms with Crippen LogP contribution in [0, 0.1) is 18.7 Å². The molecule has 118 valence electrons. The molecule has 1 aromatic rings. The van der Waals surface area contributed by atoms with Gasteiger partial charge in [-0.1, -0.05) is 26.7 Å². The topological polar surface area (TPSA) is 63.2 Å². The van der Waals surface area contributed by atoms with E-state index < -0.39 is 20.8 Å². The van der Waals surface area contributed by atoms with Crippen LogP contribution in [0.25, 0.3) is 0 Å². The van der Waals surface area contributed by atoms with Gasteiger partial charge in [0.2, 0.25) is 0 Å². The lowest BCUT2D eigenvalue weighted by molar-refractivity contribution is 0.0942. The Morgan fingerprint density at radius 3 is 2.38 bits per heavy atom. The third-order valence-electron chi connectivity index (χ3n) is 3.46. The molecule has 0 spiro atoms. The number of hydrogen-bond acceptors (Lipinski definition) is 3. The summed E-state index contributed by atoms with van der Waals surface area (Å²) in [4.78, 5) is 11.8. The molecule has 1 amide bonds. The molecule has 7 heteroatoms. The van der Waals surface area contributed by atoms with Gasteiger partial charge in [0, 0.05) is 17.2 Å². The molecular formula is C14H19ClFNO3S. The number of carbonyl (C=O) groups is 1. The van der Waals surface area contributed by atoms with Crippen LogP contribution in [0.15, 0.2) is 17.0 Å². The van der Waals surface area contributed by atoms with Crippen LogP contribution in [-0.4, -0.2) is 20.9 Å². The SMILES string of the molecule is CCC(CC)CNC(=O)c1cc(S(=O)(=O)Cl)cc(C)c1F. The Kier molecular flexibility index (Phi) is 6.16. The van der Waals surface area contributed by atoms with Crippen molar-refractivity contribution in [1.82, 2.24) is 5.32 Å². The normalized spacial score (nSPS) is 11.7. The lowest BCUT2D eigenvalue weighted by Gasteiger charge is -2.14. The lowest BCUT2D eigenvalue weighted by atomic mass is 10.0. The molecule has 0 aliphatic carbocycles. The predicted molar refractivity (Wildman–Crippen MR) is 80.6 cm³/mol. The van der Waals surface area contributed by atoms with Gasteiger partial charge in [0.1, 0.15) is 5.82 Å². The molecule has 0 unspecified atom stereocenters. The Bertz CT molecular complexity index is 627. The standard InChI is InChI=1S/C14H19ClFNO3S/c1-4-10(5-2)8-17-14(18)12-7-11(21(15,19)20)6-9(3)13(12)16/h6-7,10H,4-5,8H2,1-3H3,(H,17,18). The maximum Gasteiger partial charge on any atom is 0.261 e. The third-order valence-corrected chi connectivity index (χ3v) is 4.79. The van der Waals surface area contributed by atoms with E-state index in [4.69, 9.17) is 10.7 Å². The van der Waals surface area contributed by atoms with Gasteiger partial charge in [-0.25, -0.2) is 12.8 Å². The van der Waals surface area contributed by atoms with E-state index in [1.54, 1.807) is 0 Å². The van der Waals surface area contributed by atoms with E-state index in [-0.39, 0.29) is 16.0 Å². The minimum absolute atomic E-state index is 0.0596. The number of benzene rings is 1. The minimum atomic E-state index is -4.01. The van der Waals surface area contributed by atoms with Crippen molar-refractivity contribution in [2.45, 2.75) is 38.5 Å². The maximum atomic E-state index is 14.0. The van der Waals surface area contributed by atoms with Gasteiger partial charge in [0.05, 0.1) is 10.5 Å². The number of carbonyl (C=O) groups excluding carboxylic acids is 1. The van der Waals surface area contributed by atoms with Crippen LogP contribution in [0.2, 0.25) is 0 Å². The first-order valence-electron chi connectivity index (χ1n) is 6.73. The molecule has 1 N–H and O–H groups in total. The fourth-order valence-electron chi connectivity index (χ4n) is 1.95. The summed E-state index contributed by atoms with van der Waals surface area (Å²) in [6.07, 6.45) is 1.79. The zero-order valence-electron chi connectivity index (χ0n) is 12.2. The van der Waals surface area contributed by atoms with E-state index in [9.17, 15) is 17.6 Å². The number of rotatable bonds is 6. The van der Waals surface area contributed by atoms with Gasteiger partial charge < -0.3 is 5.32 Å². The average molecular weight is 336 g/mol. The highest BCUT2D eigenvalue weighted by atomic mass is 35.7. The molecule has 0 fully saturated rings. The van der Waals surface area contributed by atoms with Crippen molar-refractivity contribution in [2.24, 2.45) is 5.92 Å². The molecule has 0 saturated heterocycles. The van der Waals surface area contributed by atoms with Gasteiger partial charge in [-0.3, -0.25) is 4.79 Å². The van der Waals surface area contributed by atoms with Gasteiger partial charge in [-0.15, -0.1) is 0 Å². The second-order valence-electron chi connectivity index (χ2n) is 4.93. The number of amides is 1. The van der Waals surface area contributed by atoms with E-state index in [2.05, 4.69) is 5.32 Å². The van der Waals surface area contributed by atoms with E-state index >= 15 is 0 Å². The Labute approximate surface area is 129 Å². The van der Waals surface area contributed by atoms with Crippen molar-refractivity contribution in [2.75, 3.05) is 6.54 Å². The van der Waals surface area contributed by atoms with Crippen LogP contribution in [0.5, 0.6) is 0 Å². The number of aryl methyl sites for hydroxylation is 1. The first-order chi connectivity index (χ1) is 9.70. The van der Waals surface area contributed by atoms with Crippen molar-refractivity contribution in [3.63, 3.8) is 0 Å². The van der Waals surface area contributed by atoms with Crippen LogP contribution in [0.4, 0.5) is 4.39 Å². The molecule has 21 heavy (non-hydrogen) atoms. The largest absolute Gasteiger partial charge is 0.352 e. The van der Waals surface area contributed by atoms with Crippen molar-refractivity contribution in [1.29, 1.82) is 0 Å². The molecular weight excluding hydrogens is 317 g/mol. The van der Waals surface area contributed by atoms with Gasteiger partial charge >= 0.3 is 0 Å². The Morgan fingerprint density at radius 2 is 1.90 bits per heavy atom. The van der Waals surface area contributed by atoms with Gasteiger partial charge in [-0.05, 0) is 30.5 Å². The summed E-state index contributed by atoms with van der Waals surface area (Å²) in [7, 11) is 1.24. The van der Waals surface area contributed by atoms with Crippen molar-refractivity contribution in [3.05, 3.63) is 29.1 Å². The lowest BCUT2D eigenvalue weighted by Crippen LogP contribution is -2.30. The molecule has 4 nitrogen and oxygen atoms in total. The minimum Gasteiger partial charge on any atom is -0.352 e. The quantitative estimate of drug-likeness (QED) is 0.812. The smallest absolute Gasteiger partial charge is 0.261 e. The Balaban J connectivity index is 3.06. The summed E-state index contributed by atoms with van der Waals surface area (Å²) in [6.45, 7) is 5.82. The number of hydrogen-bond donors (Lipinski definition) is 1. The van der Waals surface area contributed by atoms with Crippen LogP contribution in [-0.2, 0) is 9.05 Å². The number of nitrogens with one attached hydrogen (secondary N) is 1. The molecule has 0 atom stereocenters. The van der Waals surface area contributed by atoms with Crippen molar-refractivity contribution in [3.8, 4) is 0 Å². The Hall–Kier alpha value is -1.14. The molecule has 0 heterocycles. The van der Waals surface area contributed by atoms with Crippen LogP contribution in [0.1, 0.15) is 42.6 Å². The molecule has 1 rings (SSSR count).